The van der Waals surface area contributed by atoms with Gasteiger partial charge >= 0.3 is 0 Å². The van der Waals surface area contributed by atoms with Crippen molar-refractivity contribution in [2.45, 2.75) is 16.8 Å². The minimum Gasteiger partial charge on any atom is -0.366 e. The molecule has 8 nitrogen and oxygen atoms in total. The van der Waals surface area contributed by atoms with Crippen LogP contribution in [0.5, 0.6) is 0 Å². The molecule has 0 radical (unpaired) electrons. The summed E-state index contributed by atoms with van der Waals surface area (Å²) in [6.45, 7) is 1.93. The quantitative estimate of drug-likeness (QED) is 0.469. The lowest BCUT2D eigenvalue weighted by atomic mass is 10.2. The van der Waals surface area contributed by atoms with Gasteiger partial charge in [-0.05, 0) is 25.1 Å². The van der Waals surface area contributed by atoms with Crippen molar-refractivity contribution >= 4 is 35.1 Å². The number of nitrogens with two attached hydrogens (primary N) is 1. The van der Waals surface area contributed by atoms with Crippen LogP contribution in [-0.4, -0.2) is 30.5 Å². The summed E-state index contributed by atoms with van der Waals surface area (Å²) in [6.07, 6.45) is 3.53. The zero-order chi connectivity index (χ0) is 18.1. The van der Waals surface area contributed by atoms with Gasteiger partial charge in [-0.3, -0.25) is 14.3 Å². The lowest BCUT2D eigenvalue weighted by Crippen LogP contribution is -2.10. The van der Waals surface area contributed by atoms with Gasteiger partial charge in [-0.1, -0.05) is 17.8 Å². The number of amides is 1. The molecule has 0 aliphatic rings. The zero-order valence-electron chi connectivity index (χ0n) is 13.8. The number of aryl methyl sites for hydroxylation is 1. The van der Waals surface area contributed by atoms with Crippen LogP contribution in [0, 0.1) is 6.92 Å². The summed E-state index contributed by atoms with van der Waals surface area (Å²) in [4.78, 5) is 21.2. The molecule has 0 aliphatic carbocycles. The fourth-order valence-electron chi connectivity index (χ4n) is 2.47. The second kappa shape index (κ2) is 6.52. The average molecular weight is 365 g/mol. The van der Waals surface area contributed by atoms with Crippen LogP contribution < -0.4 is 11.1 Å². The van der Waals surface area contributed by atoms with E-state index >= 15 is 0 Å². The lowest BCUT2D eigenvalue weighted by molar-refractivity contribution is 0.1000. The van der Waals surface area contributed by atoms with Gasteiger partial charge < -0.3 is 11.1 Å². The van der Waals surface area contributed by atoms with E-state index in [-0.39, 0.29) is 0 Å². The van der Waals surface area contributed by atoms with Crippen molar-refractivity contribution in [1.29, 1.82) is 0 Å². The highest BCUT2D eigenvalue weighted by atomic mass is 32.2. The van der Waals surface area contributed by atoms with Gasteiger partial charge in [-0.15, -0.1) is 0 Å². The number of hydrogen-bond donors (Lipinski definition) is 3. The molecule has 26 heavy (non-hydrogen) atoms. The maximum absolute atomic E-state index is 11.4. The third-order valence-electron chi connectivity index (χ3n) is 3.65. The van der Waals surface area contributed by atoms with Gasteiger partial charge in [0.05, 0.1) is 0 Å². The smallest absolute Gasteiger partial charge is 0.248 e. The Hall–Kier alpha value is -3.33. The Morgan fingerprint density at radius 2 is 2.19 bits per heavy atom. The van der Waals surface area contributed by atoms with Crippen LogP contribution in [0.1, 0.15) is 16.1 Å². The van der Waals surface area contributed by atoms with Crippen molar-refractivity contribution in [3.05, 3.63) is 60.0 Å². The fourth-order valence-corrected chi connectivity index (χ4v) is 3.34. The summed E-state index contributed by atoms with van der Waals surface area (Å²) < 4.78 is 1.84. The summed E-state index contributed by atoms with van der Waals surface area (Å²) in [5, 5.41) is 11.0. The monoisotopic (exact) mass is 365 g/mol. The molecule has 1 aromatic carbocycles. The molecule has 4 aromatic rings. The number of rotatable bonds is 5. The van der Waals surface area contributed by atoms with E-state index in [0.29, 0.717) is 17.3 Å². The minimum atomic E-state index is -0.458. The van der Waals surface area contributed by atoms with Crippen molar-refractivity contribution < 1.29 is 4.79 Å². The van der Waals surface area contributed by atoms with Crippen molar-refractivity contribution in [3.63, 3.8) is 0 Å². The molecule has 9 heteroatoms. The molecule has 3 heterocycles. The fraction of sp³-hybridized carbons (Fsp3) is 0.0588. The number of nitrogens with zero attached hydrogens (tertiary/aromatic N) is 4. The Labute approximate surface area is 152 Å². The number of carbonyl (C=O) groups excluding carboxylic acids is 1. The number of anilines is 2. The van der Waals surface area contributed by atoms with Crippen LogP contribution >= 0.6 is 11.8 Å². The van der Waals surface area contributed by atoms with Crippen molar-refractivity contribution in [1.82, 2.24) is 24.6 Å². The number of imidazole rings is 1. The van der Waals surface area contributed by atoms with E-state index < -0.39 is 5.91 Å². The molecule has 4 N–H and O–H groups in total. The molecular weight excluding hydrogens is 350 g/mol. The summed E-state index contributed by atoms with van der Waals surface area (Å²) in [5.41, 5.74) is 7.51. The third-order valence-corrected chi connectivity index (χ3v) is 4.56. The summed E-state index contributed by atoms with van der Waals surface area (Å²) in [6, 6.07) is 10.9. The van der Waals surface area contributed by atoms with Crippen LogP contribution in [0.25, 0.3) is 5.65 Å². The molecule has 1 amide bonds. The van der Waals surface area contributed by atoms with Crippen LogP contribution in [0.3, 0.4) is 0 Å². The second-order valence-corrected chi connectivity index (χ2v) is 6.72. The van der Waals surface area contributed by atoms with Crippen LogP contribution in [-0.2, 0) is 0 Å². The molecule has 130 valence electrons. The van der Waals surface area contributed by atoms with E-state index in [1.807, 2.05) is 35.7 Å². The number of benzene rings is 1. The average Bonchev–Trinajstić information content (AvgIpc) is 3.24. The predicted molar refractivity (Wildman–Crippen MR) is 98.7 cm³/mol. The van der Waals surface area contributed by atoms with Crippen molar-refractivity contribution in [2.24, 2.45) is 5.73 Å². The van der Waals surface area contributed by atoms with E-state index in [1.165, 1.54) is 11.8 Å². The SMILES string of the molecule is Cc1cc(Nc2nc(Sc3cccc(C(N)=O)c3)cc3nccn23)n[nH]1. The van der Waals surface area contributed by atoms with Gasteiger partial charge in [0.25, 0.3) is 0 Å². The topological polar surface area (TPSA) is 114 Å². The van der Waals surface area contributed by atoms with Gasteiger partial charge in [-0.2, -0.15) is 5.10 Å². The van der Waals surface area contributed by atoms with Gasteiger partial charge in [-0.25, -0.2) is 9.97 Å². The maximum atomic E-state index is 11.4. The zero-order valence-corrected chi connectivity index (χ0v) is 14.6. The van der Waals surface area contributed by atoms with E-state index in [2.05, 4.69) is 25.5 Å². The number of H-pyrrole nitrogens is 1. The first kappa shape index (κ1) is 16.2. The Bertz CT molecular complexity index is 1100. The molecule has 0 fully saturated rings. The first-order valence-corrected chi connectivity index (χ1v) is 8.61. The molecule has 0 spiro atoms. The minimum absolute atomic E-state index is 0.458. The molecule has 4 rings (SSSR count). The van der Waals surface area contributed by atoms with Crippen LogP contribution in [0.2, 0.25) is 0 Å². The highest BCUT2D eigenvalue weighted by Crippen LogP contribution is 2.29. The number of aromatic amines is 1. The van der Waals surface area contributed by atoms with E-state index in [0.717, 1.165) is 21.3 Å². The Balaban J connectivity index is 1.69. The standard InChI is InChI=1S/C17H15N7OS/c1-10-7-13(23-22-10)20-17-21-15(9-14-19-5-6-24(14)17)26-12-4-2-3-11(8-12)16(18)25/h2-9H,1H3,(H2,18,25)(H2,20,21,22,23). The van der Waals surface area contributed by atoms with Crippen molar-refractivity contribution in [3.8, 4) is 0 Å². The number of carbonyl (C=O) groups is 1. The molecule has 0 saturated carbocycles. The highest BCUT2D eigenvalue weighted by Gasteiger charge is 2.10. The number of primary amides is 1. The number of fused-ring (bicyclic) bond motifs is 1. The Morgan fingerprint density at radius 1 is 1.31 bits per heavy atom. The Morgan fingerprint density at radius 3 is 2.96 bits per heavy atom. The third kappa shape index (κ3) is 3.24. The van der Waals surface area contributed by atoms with Gasteiger partial charge in [0.1, 0.15) is 10.7 Å². The molecule has 0 aliphatic heterocycles. The van der Waals surface area contributed by atoms with E-state index in [9.17, 15) is 4.79 Å². The van der Waals surface area contributed by atoms with Gasteiger partial charge in [0.15, 0.2) is 5.82 Å². The van der Waals surface area contributed by atoms with Gasteiger partial charge in [0.2, 0.25) is 11.9 Å². The number of aromatic nitrogens is 5. The molecular formula is C17H15N7OS. The summed E-state index contributed by atoms with van der Waals surface area (Å²) >= 11 is 1.43. The highest BCUT2D eigenvalue weighted by molar-refractivity contribution is 7.99. The number of hydrogen-bond acceptors (Lipinski definition) is 6. The maximum Gasteiger partial charge on any atom is 0.248 e. The molecule has 0 saturated heterocycles. The predicted octanol–water partition coefficient (Wildman–Crippen LogP) is 2.75. The normalized spacial score (nSPS) is 11.0. The molecule has 0 bridgehead atoms. The van der Waals surface area contributed by atoms with Crippen LogP contribution in [0.15, 0.2) is 58.7 Å². The van der Waals surface area contributed by atoms with Gasteiger partial charge in [0, 0.05) is 40.7 Å². The summed E-state index contributed by atoms with van der Waals surface area (Å²) in [7, 11) is 0. The van der Waals surface area contributed by atoms with E-state index in [1.54, 1.807) is 24.4 Å². The second-order valence-electron chi connectivity index (χ2n) is 5.63. The lowest BCUT2D eigenvalue weighted by Gasteiger charge is -2.09. The first-order valence-electron chi connectivity index (χ1n) is 7.79. The molecule has 3 aromatic heterocycles. The van der Waals surface area contributed by atoms with Crippen molar-refractivity contribution in [2.75, 3.05) is 5.32 Å². The largest absolute Gasteiger partial charge is 0.366 e. The molecule has 0 atom stereocenters. The first-order chi connectivity index (χ1) is 12.6. The van der Waals surface area contributed by atoms with E-state index in [4.69, 9.17) is 5.73 Å². The number of nitrogens with one attached hydrogen (secondary N) is 2. The molecule has 0 unspecified atom stereocenters. The van der Waals surface area contributed by atoms with Crippen LogP contribution in [0.4, 0.5) is 11.8 Å². The summed E-state index contributed by atoms with van der Waals surface area (Å²) in [5.74, 6) is 0.809. The Kier molecular flexibility index (Phi) is 4.05.